The molecule has 2 aromatic heterocycles. The monoisotopic (exact) mass is 263 g/mol. The number of halogens is 1. The Morgan fingerprint density at radius 1 is 1.27 bits per heavy atom. The van der Waals surface area contributed by atoms with Crippen molar-refractivity contribution < 1.29 is 4.52 Å². The maximum absolute atomic E-state index is 5.62. The molecule has 0 aliphatic heterocycles. The van der Waals surface area contributed by atoms with Crippen LogP contribution in [-0.4, -0.2) is 10.1 Å². The summed E-state index contributed by atoms with van der Waals surface area (Å²) in [5.41, 5.74) is 7.25. The van der Waals surface area contributed by atoms with Crippen LogP contribution in [0.4, 0.5) is 5.88 Å². The molecule has 1 aromatic carbocycles. The molecule has 2 N–H and O–H groups in total. The van der Waals surface area contributed by atoms with E-state index in [-0.39, 0.29) is 0 Å². The fourth-order valence-electron chi connectivity index (χ4n) is 1.57. The summed E-state index contributed by atoms with van der Waals surface area (Å²) in [7, 11) is 0. The molecule has 74 valence electrons. The average molecular weight is 264 g/mol. The first-order valence-electron chi connectivity index (χ1n) is 4.35. The zero-order chi connectivity index (χ0) is 10.4. The first kappa shape index (κ1) is 8.67. The third-order valence-electron chi connectivity index (χ3n) is 2.30. The topological polar surface area (TPSA) is 64.9 Å². The van der Waals surface area contributed by atoms with E-state index in [4.69, 9.17) is 10.3 Å². The predicted molar refractivity (Wildman–Crippen MR) is 61.4 cm³/mol. The van der Waals surface area contributed by atoms with E-state index in [1.807, 2.05) is 18.2 Å². The first-order valence-corrected chi connectivity index (χ1v) is 5.14. The van der Waals surface area contributed by atoms with Crippen LogP contribution < -0.4 is 5.73 Å². The van der Waals surface area contributed by atoms with E-state index < -0.39 is 0 Å². The van der Waals surface area contributed by atoms with Gasteiger partial charge < -0.3 is 10.3 Å². The second-order valence-corrected chi connectivity index (χ2v) is 4.14. The van der Waals surface area contributed by atoms with Crippen molar-refractivity contribution in [1.82, 2.24) is 10.1 Å². The summed E-state index contributed by atoms with van der Waals surface area (Å²) in [4.78, 5) is 4.28. The molecule has 3 rings (SSSR count). The van der Waals surface area contributed by atoms with Gasteiger partial charge in [0.05, 0.1) is 10.9 Å². The Balaban J connectivity index is 2.57. The van der Waals surface area contributed by atoms with E-state index in [2.05, 4.69) is 26.1 Å². The zero-order valence-corrected chi connectivity index (χ0v) is 9.15. The normalized spacial score (nSPS) is 11.3. The summed E-state index contributed by atoms with van der Waals surface area (Å²) in [6.07, 6.45) is 1.68. The summed E-state index contributed by atoms with van der Waals surface area (Å²) in [6.45, 7) is 0. The Bertz CT molecular complexity index is 662. The average Bonchev–Trinajstić information content (AvgIpc) is 2.61. The minimum atomic E-state index is 0.305. The lowest BCUT2D eigenvalue weighted by atomic mass is 10.2. The third-order valence-corrected chi connectivity index (χ3v) is 2.80. The highest BCUT2D eigenvalue weighted by Gasteiger charge is 2.09. The van der Waals surface area contributed by atoms with Gasteiger partial charge in [-0.2, -0.15) is 0 Å². The largest absolute Gasteiger partial charge is 0.367 e. The van der Waals surface area contributed by atoms with E-state index >= 15 is 0 Å². The highest BCUT2D eigenvalue weighted by molar-refractivity contribution is 9.10. The van der Waals surface area contributed by atoms with Gasteiger partial charge in [-0.05, 0) is 18.2 Å². The summed E-state index contributed by atoms with van der Waals surface area (Å²) in [5.74, 6) is 0.305. The van der Waals surface area contributed by atoms with Gasteiger partial charge >= 0.3 is 0 Å². The standard InChI is InChI=1S/C10H6BrN3O/c11-5-1-2-8-6(3-5)9-7(4-13-8)10(12)15-14-9/h1-4H,12H2. The molecule has 2 heterocycles. The zero-order valence-electron chi connectivity index (χ0n) is 7.57. The van der Waals surface area contributed by atoms with Crippen molar-refractivity contribution in [2.24, 2.45) is 0 Å². The molecule has 3 aromatic rings. The van der Waals surface area contributed by atoms with Gasteiger partial charge in [0, 0.05) is 16.1 Å². The lowest BCUT2D eigenvalue weighted by Gasteiger charge is -1.97. The van der Waals surface area contributed by atoms with Gasteiger partial charge in [0.2, 0.25) is 5.88 Å². The lowest BCUT2D eigenvalue weighted by Crippen LogP contribution is -1.83. The summed E-state index contributed by atoms with van der Waals surface area (Å²) < 4.78 is 5.91. The fraction of sp³-hybridized carbons (Fsp3) is 0. The minimum absolute atomic E-state index is 0.305. The SMILES string of the molecule is Nc1onc2c1cnc1ccc(Br)cc12. The highest BCUT2D eigenvalue weighted by atomic mass is 79.9. The summed E-state index contributed by atoms with van der Waals surface area (Å²) >= 11 is 3.41. The predicted octanol–water partition coefficient (Wildman–Crippen LogP) is 2.72. The number of nitrogen functional groups attached to an aromatic ring is 1. The van der Waals surface area contributed by atoms with E-state index in [9.17, 15) is 0 Å². The van der Waals surface area contributed by atoms with Gasteiger partial charge in [0.15, 0.2) is 0 Å². The van der Waals surface area contributed by atoms with Crippen LogP contribution in [0, 0.1) is 0 Å². The smallest absolute Gasteiger partial charge is 0.231 e. The first-order chi connectivity index (χ1) is 7.25. The molecule has 0 unspecified atom stereocenters. The van der Waals surface area contributed by atoms with Gasteiger partial charge in [-0.3, -0.25) is 4.98 Å². The van der Waals surface area contributed by atoms with Crippen LogP contribution in [0.5, 0.6) is 0 Å². The molecule has 0 aliphatic carbocycles. The van der Waals surface area contributed by atoms with Gasteiger partial charge in [-0.1, -0.05) is 21.1 Å². The number of rotatable bonds is 0. The van der Waals surface area contributed by atoms with Crippen molar-refractivity contribution >= 4 is 43.6 Å². The fourth-order valence-corrected chi connectivity index (χ4v) is 1.93. The number of hydrogen-bond acceptors (Lipinski definition) is 4. The molecule has 0 saturated heterocycles. The Labute approximate surface area is 93.2 Å². The Morgan fingerprint density at radius 3 is 3.00 bits per heavy atom. The quantitative estimate of drug-likeness (QED) is 0.678. The van der Waals surface area contributed by atoms with Crippen LogP contribution in [-0.2, 0) is 0 Å². The van der Waals surface area contributed by atoms with Crippen LogP contribution in [0.3, 0.4) is 0 Å². The Kier molecular flexibility index (Phi) is 1.70. The van der Waals surface area contributed by atoms with Gasteiger partial charge in [0.25, 0.3) is 0 Å². The number of anilines is 1. The number of fused-ring (bicyclic) bond motifs is 3. The van der Waals surface area contributed by atoms with Crippen molar-refractivity contribution in [3.8, 4) is 0 Å². The maximum Gasteiger partial charge on any atom is 0.231 e. The Morgan fingerprint density at radius 2 is 2.13 bits per heavy atom. The van der Waals surface area contributed by atoms with E-state index in [0.29, 0.717) is 5.88 Å². The van der Waals surface area contributed by atoms with Crippen LogP contribution in [0.1, 0.15) is 0 Å². The van der Waals surface area contributed by atoms with Crippen molar-refractivity contribution in [2.75, 3.05) is 5.73 Å². The number of benzene rings is 1. The van der Waals surface area contributed by atoms with Gasteiger partial charge in [-0.25, -0.2) is 0 Å². The maximum atomic E-state index is 5.62. The number of aromatic nitrogens is 2. The number of hydrogen-bond donors (Lipinski definition) is 1. The third kappa shape index (κ3) is 1.20. The van der Waals surface area contributed by atoms with Gasteiger partial charge in [-0.15, -0.1) is 0 Å². The molecular formula is C10H6BrN3O. The molecule has 5 heteroatoms. The molecule has 0 atom stereocenters. The van der Waals surface area contributed by atoms with Crippen LogP contribution in [0.15, 0.2) is 33.4 Å². The molecule has 0 aliphatic rings. The molecular weight excluding hydrogens is 258 g/mol. The van der Waals surface area contributed by atoms with E-state index in [0.717, 1.165) is 26.3 Å². The second kappa shape index (κ2) is 2.93. The molecule has 0 radical (unpaired) electrons. The molecule has 0 saturated carbocycles. The summed E-state index contributed by atoms with van der Waals surface area (Å²) in [5, 5.41) is 5.61. The van der Waals surface area contributed by atoms with Crippen LogP contribution in [0.2, 0.25) is 0 Å². The number of nitrogens with zero attached hydrogens (tertiary/aromatic N) is 2. The number of pyridine rings is 1. The van der Waals surface area contributed by atoms with Crippen molar-refractivity contribution in [1.29, 1.82) is 0 Å². The van der Waals surface area contributed by atoms with E-state index in [1.165, 1.54) is 0 Å². The highest BCUT2D eigenvalue weighted by Crippen LogP contribution is 2.28. The molecule has 0 amide bonds. The molecule has 15 heavy (non-hydrogen) atoms. The molecule has 0 bridgehead atoms. The summed E-state index contributed by atoms with van der Waals surface area (Å²) in [6, 6.07) is 5.81. The van der Waals surface area contributed by atoms with Gasteiger partial charge in [0.1, 0.15) is 5.52 Å². The van der Waals surface area contributed by atoms with Crippen LogP contribution >= 0.6 is 15.9 Å². The van der Waals surface area contributed by atoms with Crippen molar-refractivity contribution in [3.05, 3.63) is 28.9 Å². The molecule has 0 spiro atoms. The molecule has 0 fully saturated rings. The van der Waals surface area contributed by atoms with Crippen molar-refractivity contribution in [2.45, 2.75) is 0 Å². The Hall–Kier alpha value is -1.62. The van der Waals surface area contributed by atoms with E-state index in [1.54, 1.807) is 6.20 Å². The minimum Gasteiger partial charge on any atom is -0.367 e. The molecule has 4 nitrogen and oxygen atoms in total. The van der Waals surface area contributed by atoms with Crippen LogP contribution in [0.25, 0.3) is 21.8 Å². The number of nitrogens with two attached hydrogens (primary N) is 1. The second-order valence-electron chi connectivity index (χ2n) is 3.23. The van der Waals surface area contributed by atoms with Crippen molar-refractivity contribution in [3.63, 3.8) is 0 Å². The lowest BCUT2D eigenvalue weighted by molar-refractivity contribution is 0.445.